The zero-order valence-corrected chi connectivity index (χ0v) is 9.67. The van der Waals surface area contributed by atoms with Gasteiger partial charge in [0, 0.05) is 6.04 Å². The van der Waals surface area contributed by atoms with Crippen LogP contribution < -0.4 is 0 Å². The average Bonchev–Trinajstić information content (AvgIpc) is 2.00. The Morgan fingerprint density at radius 1 is 1.64 bits per heavy atom. The van der Waals surface area contributed by atoms with Crippen molar-refractivity contribution >= 4 is 0 Å². The van der Waals surface area contributed by atoms with Gasteiger partial charge in [-0.15, -0.1) is 0 Å². The van der Waals surface area contributed by atoms with Crippen LogP contribution in [0.4, 0.5) is 0 Å². The van der Waals surface area contributed by atoms with Gasteiger partial charge in [0.25, 0.3) is 0 Å². The van der Waals surface area contributed by atoms with Crippen LogP contribution in [0.3, 0.4) is 0 Å². The summed E-state index contributed by atoms with van der Waals surface area (Å²) in [6, 6.07) is 2.65. The van der Waals surface area contributed by atoms with E-state index >= 15 is 0 Å². The minimum Gasteiger partial charge on any atom is -0.287 e. The maximum atomic E-state index is 8.65. The highest BCUT2D eigenvalue weighted by Gasteiger charge is 2.28. The summed E-state index contributed by atoms with van der Waals surface area (Å²) in [7, 11) is 2.03. The van der Waals surface area contributed by atoms with E-state index in [2.05, 4.69) is 37.8 Å². The molecule has 0 saturated heterocycles. The number of likely N-dealkylation sites (N-methyl/N-ethyl adjacent to an activating group) is 1. The van der Waals surface area contributed by atoms with E-state index in [-0.39, 0.29) is 0 Å². The van der Waals surface area contributed by atoms with E-state index in [0.29, 0.717) is 18.0 Å². The molecular formula is C12H20N2. The van der Waals surface area contributed by atoms with Crippen molar-refractivity contribution in [3.05, 3.63) is 11.6 Å². The summed E-state index contributed by atoms with van der Waals surface area (Å²) in [6.07, 6.45) is 4.65. The van der Waals surface area contributed by atoms with Gasteiger partial charge >= 0.3 is 0 Å². The second-order valence-corrected chi connectivity index (χ2v) is 5.20. The average molecular weight is 192 g/mol. The van der Waals surface area contributed by atoms with Gasteiger partial charge in [-0.25, -0.2) is 0 Å². The van der Waals surface area contributed by atoms with Crippen LogP contribution in [-0.2, 0) is 0 Å². The number of rotatable bonds is 2. The zero-order valence-electron chi connectivity index (χ0n) is 9.67. The Hall–Kier alpha value is -0.810. The lowest BCUT2D eigenvalue weighted by Gasteiger charge is -2.37. The van der Waals surface area contributed by atoms with E-state index in [0.717, 1.165) is 6.42 Å². The third-order valence-corrected chi connectivity index (χ3v) is 2.88. The fourth-order valence-corrected chi connectivity index (χ4v) is 2.35. The van der Waals surface area contributed by atoms with E-state index in [4.69, 9.17) is 5.26 Å². The molecule has 0 bridgehead atoms. The maximum absolute atomic E-state index is 8.65. The molecule has 0 amide bonds. The quantitative estimate of drug-likeness (QED) is 0.496. The molecule has 0 spiro atoms. The molecule has 0 N–H and O–H groups in total. The standard InChI is InChI=1S/C12H20N2/c1-10-7-11(14(4)6-5-13)9-12(2,3)8-10/h7,11H,6,8-9H2,1-4H3. The van der Waals surface area contributed by atoms with Gasteiger partial charge in [0.2, 0.25) is 0 Å². The van der Waals surface area contributed by atoms with E-state index in [1.807, 2.05) is 7.05 Å². The van der Waals surface area contributed by atoms with Gasteiger partial charge in [-0.2, -0.15) is 5.26 Å². The van der Waals surface area contributed by atoms with Crippen molar-refractivity contribution < 1.29 is 0 Å². The molecule has 0 heterocycles. The number of hydrogen-bond acceptors (Lipinski definition) is 2. The summed E-state index contributed by atoms with van der Waals surface area (Å²) < 4.78 is 0. The molecule has 14 heavy (non-hydrogen) atoms. The molecule has 0 aromatic rings. The van der Waals surface area contributed by atoms with Gasteiger partial charge in [-0.3, -0.25) is 4.90 Å². The normalized spacial score (nSPS) is 25.7. The van der Waals surface area contributed by atoms with E-state index < -0.39 is 0 Å². The lowest BCUT2D eigenvalue weighted by Crippen LogP contribution is -2.37. The van der Waals surface area contributed by atoms with Crippen molar-refractivity contribution in [1.29, 1.82) is 5.26 Å². The molecule has 2 heteroatoms. The van der Waals surface area contributed by atoms with Crippen molar-refractivity contribution in [2.75, 3.05) is 13.6 Å². The fraction of sp³-hybridized carbons (Fsp3) is 0.750. The third kappa shape index (κ3) is 2.85. The predicted octanol–water partition coefficient (Wildman–Crippen LogP) is 2.58. The zero-order chi connectivity index (χ0) is 10.8. The summed E-state index contributed by atoms with van der Waals surface area (Å²) in [4.78, 5) is 2.13. The first kappa shape index (κ1) is 11.3. The molecule has 1 rings (SSSR count). The molecule has 0 aromatic carbocycles. The number of nitriles is 1. The summed E-state index contributed by atoms with van der Waals surface area (Å²) in [6.45, 7) is 7.31. The van der Waals surface area contributed by atoms with Crippen molar-refractivity contribution in [2.45, 2.75) is 39.7 Å². The molecule has 0 saturated carbocycles. The molecule has 1 unspecified atom stereocenters. The van der Waals surface area contributed by atoms with E-state index in [9.17, 15) is 0 Å². The number of allylic oxidation sites excluding steroid dienone is 1. The van der Waals surface area contributed by atoms with Gasteiger partial charge in [0.1, 0.15) is 0 Å². The Balaban J connectivity index is 2.72. The second kappa shape index (κ2) is 4.14. The van der Waals surface area contributed by atoms with Crippen LogP contribution in [0.2, 0.25) is 0 Å². The smallest absolute Gasteiger partial charge is 0.0868 e. The van der Waals surface area contributed by atoms with Gasteiger partial charge in [-0.05, 0) is 32.2 Å². The summed E-state index contributed by atoms with van der Waals surface area (Å²) in [5, 5.41) is 8.65. The minimum absolute atomic E-state index is 0.382. The van der Waals surface area contributed by atoms with Crippen molar-refractivity contribution in [1.82, 2.24) is 4.90 Å². The van der Waals surface area contributed by atoms with Crippen molar-refractivity contribution in [2.24, 2.45) is 5.41 Å². The first-order valence-corrected chi connectivity index (χ1v) is 5.19. The molecule has 0 aromatic heterocycles. The van der Waals surface area contributed by atoms with Crippen LogP contribution in [0.15, 0.2) is 11.6 Å². The fourth-order valence-electron chi connectivity index (χ4n) is 2.35. The van der Waals surface area contributed by atoms with Crippen LogP contribution >= 0.6 is 0 Å². The summed E-state index contributed by atoms with van der Waals surface area (Å²) >= 11 is 0. The van der Waals surface area contributed by atoms with Crippen LogP contribution in [-0.4, -0.2) is 24.5 Å². The number of hydrogen-bond donors (Lipinski definition) is 0. The molecule has 2 nitrogen and oxygen atoms in total. The predicted molar refractivity (Wildman–Crippen MR) is 58.8 cm³/mol. The molecule has 1 aliphatic rings. The first-order chi connectivity index (χ1) is 6.44. The summed E-state index contributed by atoms with van der Waals surface area (Å²) in [5.74, 6) is 0. The molecule has 78 valence electrons. The van der Waals surface area contributed by atoms with Gasteiger partial charge in [0.15, 0.2) is 0 Å². The van der Waals surface area contributed by atoms with Gasteiger partial charge < -0.3 is 0 Å². The van der Waals surface area contributed by atoms with E-state index in [1.165, 1.54) is 12.0 Å². The van der Waals surface area contributed by atoms with Crippen LogP contribution in [0.1, 0.15) is 33.6 Å². The van der Waals surface area contributed by atoms with Gasteiger partial charge in [0.05, 0.1) is 12.6 Å². The Morgan fingerprint density at radius 3 is 2.79 bits per heavy atom. The molecular weight excluding hydrogens is 172 g/mol. The molecule has 0 fully saturated rings. The van der Waals surface area contributed by atoms with Crippen molar-refractivity contribution in [3.8, 4) is 6.07 Å². The first-order valence-electron chi connectivity index (χ1n) is 5.19. The lowest BCUT2D eigenvalue weighted by molar-refractivity contribution is 0.200. The lowest BCUT2D eigenvalue weighted by atomic mass is 9.75. The Labute approximate surface area is 87.2 Å². The summed E-state index contributed by atoms with van der Waals surface area (Å²) in [5.41, 5.74) is 1.84. The topological polar surface area (TPSA) is 27.0 Å². The highest BCUT2D eigenvalue weighted by atomic mass is 15.1. The third-order valence-electron chi connectivity index (χ3n) is 2.88. The molecule has 1 aliphatic carbocycles. The van der Waals surface area contributed by atoms with Crippen LogP contribution in [0, 0.1) is 16.7 Å². The highest BCUT2D eigenvalue weighted by molar-refractivity contribution is 5.13. The Kier molecular flexibility index (Phi) is 3.34. The Bertz CT molecular complexity index is 271. The number of nitrogens with zero attached hydrogens (tertiary/aromatic N) is 2. The molecule has 0 radical (unpaired) electrons. The van der Waals surface area contributed by atoms with E-state index in [1.54, 1.807) is 0 Å². The largest absolute Gasteiger partial charge is 0.287 e. The minimum atomic E-state index is 0.382. The highest BCUT2D eigenvalue weighted by Crippen LogP contribution is 2.36. The van der Waals surface area contributed by atoms with Crippen LogP contribution in [0.25, 0.3) is 0 Å². The Morgan fingerprint density at radius 2 is 2.29 bits per heavy atom. The van der Waals surface area contributed by atoms with Gasteiger partial charge in [-0.1, -0.05) is 25.5 Å². The SMILES string of the molecule is CC1=CC(N(C)CC#N)CC(C)(C)C1. The monoisotopic (exact) mass is 192 g/mol. The van der Waals surface area contributed by atoms with Crippen molar-refractivity contribution in [3.63, 3.8) is 0 Å². The molecule has 1 atom stereocenters. The maximum Gasteiger partial charge on any atom is 0.0868 e. The second-order valence-electron chi connectivity index (χ2n) is 5.20. The molecule has 0 aliphatic heterocycles. The van der Waals surface area contributed by atoms with Crippen LogP contribution in [0.5, 0.6) is 0 Å².